The van der Waals surface area contributed by atoms with Crippen LogP contribution in [-0.2, 0) is 0 Å². The predicted octanol–water partition coefficient (Wildman–Crippen LogP) is 4.78. The van der Waals surface area contributed by atoms with Gasteiger partial charge in [-0.3, -0.25) is 9.80 Å². The zero-order valence-corrected chi connectivity index (χ0v) is 17.2. The van der Waals surface area contributed by atoms with Crippen LogP contribution >= 0.6 is 11.6 Å². The molecule has 4 rings (SSSR count). The second-order valence-electron chi connectivity index (χ2n) is 7.63. The molecule has 1 heterocycles. The summed E-state index contributed by atoms with van der Waals surface area (Å²) in [5.74, 6) is 0. The molecular formula is C25H27ClN2O. The van der Waals surface area contributed by atoms with E-state index >= 15 is 0 Å². The number of halogens is 1. The van der Waals surface area contributed by atoms with Crippen molar-refractivity contribution in [3.05, 3.63) is 107 Å². The van der Waals surface area contributed by atoms with Crippen molar-refractivity contribution in [2.45, 2.75) is 12.1 Å². The van der Waals surface area contributed by atoms with E-state index in [4.69, 9.17) is 11.6 Å². The summed E-state index contributed by atoms with van der Waals surface area (Å²) < 4.78 is 0. The van der Waals surface area contributed by atoms with Crippen molar-refractivity contribution in [3.8, 4) is 0 Å². The molecule has 0 radical (unpaired) electrons. The van der Waals surface area contributed by atoms with Crippen molar-refractivity contribution in [1.29, 1.82) is 0 Å². The normalized spacial score (nSPS) is 16.8. The molecule has 4 heteroatoms. The Bertz CT molecular complexity index is 838. The Morgan fingerprint density at radius 3 is 1.72 bits per heavy atom. The van der Waals surface area contributed by atoms with Crippen LogP contribution in [0.15, 0.2) is 84.9 Å². The molecule has 1 saturated heterocycles. The van der Waals surface area contributed by atoms with Gasteiger partial charge >= 0.3 is 0 Å². The third-order valence-corrected chi connectivity index (χ3v) is 5.94. The molecule has 1 unspecified atom stereocenters. The molecule has 3 nitrogen and oxygen atoms in total. The molecule has 1 atom stereocenters. The smallest absolute Gasteiger partial charge is 0.0916 e. The van der Waals surface area contributed by atoms with Crippen molar-refractivity contribution in [1.82, 2.24) is 9.80 Å². The molecular weight excluding hydrogens is 380 g/mol. The van der Waals surface area contributed by atoms with Crippen LogP contribution in [-0.4, -0.2) is 47.6 Å². The molecule has 0 amide bonds. The van der Waals surface area contributed by atoms with E-state index in [1.165, 1.54) is 11.1 Å². The number of β-amino-alcohol motifs (C(OH)–C–C–N with tert-alkyl or cyclic N) is 1. The Morgan fingerprint density at radius 2 is 1.21 bits per heavy atom. The van der Waals surface area contributed by atoms with Gasteiger partial charge in [-0.05, 0) is 28.8 Å². The molecule has 1 N–H and O–H groups in total. The Hall–Kier alpha value is -2.17. The average Bonchev–Trinajstić information content (AvgIpc) is 2.77. The first-order chi connectivity index (χ1) is 14.2. The van der Waals surface area contributed by atoms with Crippen molar-refractivity contribution in [3.63, 3.8) is 0 Å². The average molecular weight is 407 g/mol. The number of nitrogens with zero attached hydrogens (tertiary/aromatic N) is 2. The predicted molar refractivity (Wildman–Crippen MR) is 119 cm³/mol. The van der Waals surface area contributed by atoms with Gasteiger partial charge in [-0.1, -0.05) is 84.4 Å². The van der Waals surface area contributed by atoms with E-state index in [2.05, 4.69) is 70.5 Å². The number of rotatable bonds is 6. The highest BCUT2D eigenvalue weighted by atomic mass is 35.5. The molecule has 0 bridgehead atoms. The third kappa shape index (κ3) is 5.06. The Balaban J connectivity index is 1.42. The number of benzene rings is 3. The van der Waals surface area contributed by atoms with E-state index in [-0.39, 0.29) is 6.04 Å². The Kier molecular flexibility index (Phi) is 6.63. The number of hydrogen-bond acceptors (Lipinski definition) is 3. The largest absolute Gasteiger partial charge is 0.387 e. The maximum Gasteiger partial charge on any atom is 0.0916 e. The van der Waals surface area contributed by atoms with Crippen LogP contribution in [0.2, 0.25) is 5.02 Å². The fraction of sp³-hybridized carbons (Fsp3) is 0.280. The monoisotopic (exact) mass is 406 g/mol. The molecule has 1 aliphatic heterocycles. The van der Waals surface area contributed by atoms with E-state index in [0.717, 1.165) is 31.7 Å². The molecule has 3 aromatic rings. The van der Waals surface area contributed by atoms with Crippen LogP contribution in [0.25, 0.3) is 0 Å². The van der Waals surface area contributed by atoms with E-state index < -0.39 is 6.10 Å². The fourth-order valence-electron chi connectivity index (χ4n) is 4.12. The highest BCUT2D eigenvalue weighted by Crippen LogP contribution is 2.29. The summed E-state index contributed by atoms with van der Waals surface area (Å²) in [4.78, 5) is 4.90. The van der Waals surface area contributed by atoms with Crippen LogP contribution in [0.5, 0.6) is 0 Å². The minimum atomic E-state index is -0.488. The first kappa shape index (κ1) is 20.1. The van der Waals surface area contributed by atoms with Crippen LogP contribution in [0.4, 0.5) is 0 Å². The highest BCUT2D eigenvalue weighted by molar-refractivity contribution is 6.30. The summed E-state index contributed by atoms with van der Waals surface area (Å²) >= 11 is 5.96. The number of piperazine rings is 1. The van der Waals surface area contributed by atoms with E-state index in [1.54, 1.807) is 0 Å². The standard InChI is InChI=1S/C25H27ClN2O/c26-23-13-11-20(12-14-23)24(29)19-27-15-17-28(18-16-27)25(21-7-3-1-4-8-21)22-9-5-2-6-10-22/h1-14,24-25,29H,15-19H2. The Labute approximate surface area is 178 Å². The Morgan fingerprint density at radius 1 is 0.690 bits per heavy atom. The molecule has 1 fully saturated rings. The number of hydrogen-bond donors (Lipinski definition) is 1. The second-order valence-corrected chi connectivity index (χ2v) is 8.06. The molecule has 0 saturated carbocycles. The maximum atomic E-state index is 10.6. The summed E-state index contributed by atoms with van der Waals surface area (Å²) in [6.07, 6.45) is -0.488. The van der Waals surface area contributed by atoms with Crippen molar-refractivity contribution in [2.24, 2.45) is 0 Å². The van der Waals surface area contributed by atoms with Gasteiger partial charge in [0.1, 0.15) is 0 Å². The number of aliphatic hydroxyl groups excluding tert-OH is 1. The van der Waals surface area contributed by atoms with Gasteiger partial charge in [0.2, 0.25) is 0 Å². The molecule has 0 aromatic heterocycles. The number of aliphatic hydroxyl groups is 1. The zero-order chi connectivity index (χ0) is 20.1. The van der Waals surface area contributed by atoms with Crippen molar-refractivity contribution >= 4 is 11.6 Å². The van der Waals surface area contributed by atoms with Crippen LogP contribution in [0, 0.1) is 0 Å². The van der Waals surface area contributed by atoms with Gasteiger partial charge in [-0.25, -0.2) is 0 Å². The van der Waals surface area contributed by atoms with Gasteiger partial charge in [0.05, 0.1) is 12.1 Å². The summed E-state index contributed by atoms with van der Waals surface area (Å²) in [5, 5.41) is 11.3. The minimum absolute atomic E-state index is 0.265. The SMILES string of the molecule is OC(CN1CCN(C(c2ccccc2)c2ccccc2)CC1)c1ccc(Cl)cc1. The van der Waals surface area contributed by atoms with Gasteiger partial charge in [-0.2, -0.15) is 0 Å². The lowest BCUT2D eigenvalue weighted by atomic mass is 9.96. The molecule has 0 spiro atoms. The topological polar surface area (TPSA) is 26.7 Å². The van der Waals surface area contributed by atoms with Crippen molar-refractivity contribution in [2.75, 3.05) is 32.7 Å². The lowest BCUT2D eigenvalue weighted by Gasteiger charge is -2.40. The van der Waals surface area contributed by atoms with Crippen molar-refractivity contribution < 1.29 is 5.11 Å². The summed E-state index contributed by atoms with van der Waals surface area (Å²) in [7, 11) is 0. The quantitative estimate of drug-likeness (QED) is 0.638. The zero-order valence-electron chi connectivity index (χ0n) is 16.5. The van der Waals surface area contributed by atoms with Crippen LogP contribution < -0.4 is 0 Å². The molecule has 0 aliphatic carbocycles. The molecule has 1 aliphatic rings. The van der Waals surface area contributed by atoms with E-state index in [0.29, 0.717) is 11.6 Å². The third-order valence-electron chi connectivity index (χ3n) is 5.69. The lowest BCUT2D eigenvalue weighted by Crippen LogP contribution is -2.48. The van der Waals surface area contributed by atoms with Gasteiger partial charge in [-0.15, -0.1) is 0 Å². The molecule has 3 aromatic carbocycles. The van der Waals surface area contributed by atoms with Crippen LogP contribution in [0.1, 0.15) is 28.8 Å². The van der Waals surface area contributed by atoms with Gasteiger partial charge in [0.15, 0.2) is 0 Å². The fourth-order valence-corrected chi connectivity index (χ4v) is 4.25. The van der Waals surface area contributed by atoms with Gasteiger partial charge in [0, 0.05) is 37.7 Å². The van der Waals surface area contributed by atoms with E-state index in [1.807, 2.05) is 24.3 Å². The van der Waals surface area contributed by atoms with Gasteiger partial charge in [0.25, 0.3) is 0 Å². The second kappa shape index (κ2) is 9.55. The van der Waals surface area contributed by atoms with Crippen LogP contribution in [0.3, 0.4) is 0 Å². The summed E-state index contributed by atoms with van der Waals surface area (Å²) in [6.45, 7) is 4.49. The van der Waals surface area contributed by atoms with Gasteiger partial charge < -0.3 is 5.11 Å². The first-order valence-corrected chi connectivity index (χ1v) is 10.6. The lowest BCUT2D eigenvalue weighted by molar-refractivity contribution is 0.0623. The summed E-state index contributed by atoms with van der Waals surface area (Å²) in [6, 6.07) is 29.2. The highest BCUT2D eigenvalue weighted by Gasteiger charge is 2.27. The first-order valence-electron chi connectivity index (χ1n) is 10.2. The maximum absolute atomic E-state index is 10.6. The molecule has 150 valence electrons. The van der Waals surface area contributed by atoms with E-state index in [9.17, 15) is 5.11 Å². The summed E-state index contributed by atoms with van der Waals surface area (Å²) in [5.41, 5.74) is 3.57. The molecule has 29 heavy (non-hydrogen) atoms. The minimum Gasteiger partial charge on any atom is -0.387 e.